The van der Waals surface area contributed by atoms with Crippen molar-refractivity contribution in [1.82, 2.24) is 29.5 Å². The molecule has 4 aromatic rings. The molecule has 1 saturated heterocycles. The Hall–Kier alpha value is -4.22. The smallest absolute Gasteiger partial charge is 0.255 e. The van der Waals surface area contributed by atoms with E-state index in [0.717, 1.165) is 74.1 Å². The Balaban J connectivity index is 1.24. The normalized spacial score (nSPS) is 19.8. The van der Waals surface area contributed by atoms with Gasteiger partial charge in [-0.2, -0.15) is 5.10 Å². The van der Waals surface area contributed by atoms with Gasteiger partial charge in [-0.1, -0.05) is 6.07 Å². The molecule has 3 N–H and O–H groups in total. The van der Waals surface area contributed by atoms with Gasteiger partial charge in [-0.05, 0) is 69.1 Å². The van der Waals surface area contributed by atoms with Gasteiger partial charge < -0.3 is 25.6 Å². The average molecular weight is 584 g/mol. The predicted octanol–water partition coefficient (Wildman–Crippen LogP) is 4.13. The summed E-state index contributed by atoms with van der Waals surface area (Å²) in [6.07, 6.45) is 5.89. The Morgan fingerprint density at radius 1 is 0.977 bits per heavy atom. The molecule has 1 aliphatic carbocycles. The Labute approximate surface area is 252 Å². The summed E-state index contributed by atoms with van der Waals surface area (Å²) in [4.78, 5) is 29.0. The van der Waals surface area contributed by atoms with Crippen molar-refractivity contribution in [1.29, 1.82) is 0 Å². The van der Waals surface area contributed by atoms with E-state index in [0.29, 0.717) is 34.6 Å². The third-order valence-corrected chi connectivity index (χ3v) is 8.95. The van der Waals surface area contributed by atoms with Crippen molar-refractivity contribution in [3.63, 3.8) is 0 Å². The molecule has 0 spiro atoms. The molecule has 0 atom stereocenters. The van der Waals surface area contributed by atoms with E-state index >= 15 is 0 Å². The minimum absolute atomic E-state index is 0.212. The summed E-state index contributed by atoms with van der Waals surface area (Å²) in [6.45, 7) is 4.56. The van der Waals surface area contributed by atoms with E-state index < -0.39 is 0 Å². The molecule has 1 saturated carbocycles. The van der Waals surface area contributed by atoms with Gasteiger partial charge >= 0.3 is 0 Å². The van der Waals surface area contributed by atoms with E-state index in [4.69, 9.17) is 15.6 Å². The molecule has 226 valence electrons. The number of aromatic nitrogens is 4. The van der Waals surface area contributed by atoms with E-state index in [9.17, 15) is 4.79 Å². The number of nitrogens with zero attached hydrogens (tertiary/aromatic N) is 7. The SMILES string of the molecule is COc1cc(-c2nn(C3CCC(N4CCN(C)CC4)CC3)c3ncnc(N)c23)ccc1NC(=O)c1ccc(N(C)C)cc1. The summed E-state index contributed by atoms with van der Waals surface area (Å²) in [5.74, 6) is 0.715. The zero-order chi connectivity index (χ0) is 30.1. The maximum Gasteiger partial charge on any atom is 0.255 e. The van der Waals surface area contributed by atoms with Crippen LogP contribution in [0, 0.1) is 0 Å². The van der Waals surface area contributed by atoms with E-state index in [1.165, 1.54) is 6.33 Å². The highest BCUT2D eigenvalue weighted by Crippen LogP contribution is 2.39. The van der Waals surface area contributed by atoms with Crippen LogP contribution in [0.5, 0.6) is 5.75 Å². The van der Waals surface area contributed by atoms with Gasteiger partial charge in [-0.15, -0.1) is 0 Å². The van der Waals surface area contributed by atoms with Gasteiger partial charge in [0.25, 0.3) is 5.91 Å². The van der Waals surface area contributed by atoms with Crippen molar-refractivity contribution >= 4 is 34.1 Å². The quantitative estimate of drug-likeness (QED) is 0.331. The lowest BCUT2D eigenvalue weighted by Crippen LogP contribution is -2.49. The minimum atomic E-state index is -0.212. The first-order valence-electron chi connectivity index (χ1n) is 15.0. The first-order chi connectivity index (χ1) is 20.8. The van der Waals surface area contributed by atoms with E-state index in [2.05, 4.69) is 36.8 Å². The third-order valence-electron chi connectivity index (χ3n) is 8.95. The lowest BCUT2D eigenvalue weighted by Gasteiger charge is -2.41. The monoisotopic (exact) mass is 583 g/mol. The molecule has 43 heavy (non-hydrogen) atoms. The number of benzene rings is 2. The molecule has 2 aromatic heterocycles. The number of likely N-dealkylation sites (N-methyl/N-ethyl adjacent to an activating group) is 1. The minimum Gasteiger partial charge on any atom is -0.495 e. The molecule has 0 bridgehead atoms. The predicted molar refractivity (Wildman–Crippen MR) is 171 cm³/mol. The van der Waals surface area contributed by atoms with Gasteiger partial charge in [0, 0.05) is 63.1 Å². The van der Waals surface area contributed by atoms with Gasteiger partial charge in [0.15, 0.2) is 5.65 Å². The van der Waals surface area contributed by atoms with Gasteiger partial charge in [-0.3, -0.25) is 9.69 Å². The van der Waals surface area contributed by atoms with Crippen LogP contribution in [0.4, 0.5) is 17.2 Å². The number of fused-ring (bicyclic) bond motifs is 1. The standard InChI is InChI=1S/C32H41N9O2/c1-38(2)23-8-5-21(6-9-23)32(42)36-26-14-7-22(19-27(26)43-4)29-28-30(33)34-20-35-31(28)41(37-29)25-12-10-24(11-13-25)40-17-15-39(3)16-18-40/h5-9,14,19-20,24-25H,10-13,15-18H2,1-4H3,(H,36,42)(H2,33,34,35). The lowest BCUT2D eigenvalue weighted by molar-refractivity contribution is 0.0815. The van der Waals surface area contributed by atoms with Crippen LogP contribution in [0.2, 0.25) is 0 Å². The second kappa shape index (κ2) is 12.2. The molecule has 1 amide bonds. The first kappa shape index (κ1) is 28.9. The van der Waals surface area contributed by atoms with Crippen molar-refractivity contribution in [2.45, 2.75) is 37.8 Å². The van der Waals surface area contributed by atoms with Crippen molar-refractivity contribution in [3.8, 4) is 17.0 Å². The molecule has 11 heteroatoms. The molecule has 2 aromatic carbocycles. The fourth-order valence-corrected chi connectivity index (χ4v) is 6.35. The summed E-state index contributed by atoms with van der Waals surface area (Å²) < 4.78 is 7.77. The summed E-state index contributed by atoms with van der Waals surface area (Å²) in [6, 6.07) is 14.0. The maximum absolute atomic E-state index is 13.0. The van der Waals surface area contributed by atoms with Crippen LogP contribution in [0.15, 0.2) is 48.8 Å². The Morgan fingerprint density at radius 2 is 1.67 bits per heavy atom. The second-order valence-electron chi connectivity index (χ2n) is 11.9. The first-order valence-corrected chi connectivity index (χ1v) is 15.0. The number of rotatable bonds is 7. The fourth-order valence-electron chi connectivity index (χ4n) is 6.35. The van der Waals surface area contributed by atoms with Gasteiger partial charge in [-0.25, -0.2) is 14.6 Å². The van der Waals surface area contributed by atoms with Crippen LogP contribution in [-0.4, -0.2) is 95.9 Å². The van der Waals surface area contributed by atoms with E-state index in [1.807, 2.05) is 61.5 Å². The highest BCUT2D eigenvalue weighted by atomic mass is 16.5. The molecule has 2 aliphatic rings. The summed E-state index contributed by atoms with van der Waals surface area (Å²) in [5, 5.41) is 8.82. The van der Waals surface area contributed by atoms with Crippen LogP contribution < -0.4 is 20.7 Å². The largest absolute Gasteiger partial charge is 0.495 e. The number of carbonyl (C=O) groups is 1. The summed E-state index contributed by atoms with van der Waals surface area (Å²) in [5.41, 5.74) is 10.9. The summed E-state index contributed by atoms with van der Waals surface area (Å²) >= 11 is 0. The number of carbonyl (C=O) groups excluding carboxylic acids is 1. The van der Waals surface area contributed by atoms with Crippen LogP contribution in [0.25, 0.3) is 22.3 Å². The Bertz CT molecular complexity index is 1580. The molecular weight excluding hydrogens is 542 g/mol. The molecule has 6 rings (SSSR count). The molecule has 0 radical (unpaired) electrons. The molecule has 3 heterocycles. The maximum atomic E-state index is 13.0. The van der Waals surface area contributed by atoms with Crippen molar-refractivity contribution < 1.29 is 9.53 Å². The number of amides is 1. The topological polar surface area (TPSA) is 118 Å². The number of anilines is 3. The number of nitrogens with two attached hydrogens (primary N) is 1. The van der Waals surface area contributed by atoms with E-state index in [-0.39, 0.29) is 11.9 Å². The second-order valence-corrected chi connectivity index (χ2v) is 11.9. The highest BCUT2D eigenvalue weighted by molar-refractivity contribution is 6.05. The number of nitrogens with one attached hydrogen (secondary N) is 1. The number of hydrogen-bond acceptors (Lipinski definition) is 9. The lowest BCUT2D eigenvalue weighted by atomic mass is 9.90. The zero-order valence-corrected chi connectivity index (χ0v) is 25.5. The van der Waals surface area contributed by atoms with Crippen LogP contribution in [0.1, 0.15) is 42.1 Å². The number of hydrogen-bond donors (Lipinski definition) is 2. The molecule has 1 aliphatic heterocycles. The molecule has 2 fully saturated rings. The third kappa shape index (κ3) is 5.87. The molecule has 0 unspecified atom stereocenters. The average Bonchev–Trinajstić information content (AvgIpc) is 3.43. The van der Waals surface area contributed by atoms with E-state index in [1.54, 1.807) is 7.11 Å². The van der Waals surface area contributed by atoms with Crippen molar-refractivity contribution in [3.05, 3.63) is 54.4 Å². The van der Waals surface area contributed by atoms with Gasteiger partial charge in [0.2, 0.25) is 0 Å². The fraction of sp³-hybridized carbons (Fsp3) is 0.438. The Morgan fingerprint density at radius 3 is 2.35 bits per heavy atom. The molecular formula is C32H41N9O2. The number of methoxy groups -OCH3 is 1. The molecule has 11 nitrogen and oxygen atoms in total. The van der Waals surface area contributed by atoms with Crippen LogP contribution in [0.3, 0.4) is 0 Å². The van der Waals surface area contributed by atoms with Crippen molar-refractivity contribution in [2.24, 2.45) is 0 Å². The van der Waals surface area contributed by atoms with Gasteiger partial charge in [0.05, 0.1) is 24.2 Å². The number of nitrogen functional groups attached to an aromatic ring is 1. The van der Waals surface area contributed by atoms with Crippen molar-refractivity contribution in [2.75, 3.05) is 70.4 Å². The number of piperazine rings is 1. The highest BCUT2D eigenvalue weighted by Gasteiger charge is 2.31. The number of ether oxygens (including phenoxy) is 1. The summed E-state index contributed by atoms with van der Waals surface area (Å²) in [7, 11) is 7.72. The Kier molecular flexibility index (Phi) is 8.18. The van der Waals surface area contributed by atoms with Crippen LogP contribution in [-0.2, 0) is 0 Å². The van der Waals surface area contributed by atoms with Crippen LogP contribution >= 0.6 is 0 Å². The zero-order valence-electron chi connectivity index (χ0n) is 25.5. The van der Waals surface area contributed by atoms with Gasteiger partial charge in [0.1, 0.15) is 23.6 Å².